The summed E-state index contributed by atoms with van der Waals surface area (Å²) in [5, 5.41) is 37.5. The number of likely N-dealkylation sites (tertiary alicyclic amines) is 1. The Hall–Kier alpha value is -7.46. The highest BCUT2D eigenvalue weighted by atomic mass is 79.9. The Bertz CT molecular complexity index is 3040. The lowest BCUT2D eigenvalue weighted by Crippen LogP contribution is -2.47. The van der Waals surface area contributed by atoms with Crippen LogP contribution in [-0.4, -0.2) is 172 Å². The summed E-state index contributed by atoms with van der Waals surface area (Å²) in [6.07, 6.45) is 20.0. The van der Waals surface area contributed by atoms with Crippen LogP contribution >= 0.6 is 15.9 Å². The minimum absolute atomic E-state index is 0.0186. The van der Waals surface area contributed by atoms with E-state index in [1.807, 2.05) is 0 Å². The lowest BCUT2D eigenvalue weighted by molar-refractivity contribution is -0.142. The predicted molar refractivity (Wildman–Crippen MR) is 341 cm³/mol. The summed E-state index contributed by atoms with van der Waals surface area (Å²) in [7, 11) is 0. The summed E-state index contributed by atoms with van der Waals surface area (Å²) in [5.74, 6) is -4.43. The molecule has 1 aliphatic heterocycles. The van der Waals surface area contributed by atoms with Gasteiger partial charge in [0.25, 0.3) is 5.91 Å². The topological polar surface area (TPSA) is 364 Å². The van der Waals surface area contributed by atoms with Crippen molar-refractivity contribution in [3.63, 3.8) is 0 Å². The molecule has 0 bridgehead atoms. The number of aromatic nitrogens is 4. The van der Waals surface area contributed by atoms with E-state index >= 15 is 0 Å². The van der Waals surface area contributed by atoms with Crippen LogP contribution in [0.15, 0.2) is 59.5 Å². The number of hydrogen-bond donors (Lipinski definition) is 8. The van der Waals surface area contributed by atoms with Crippen molar-refractivity contribution in [3.8, 4) is 0 Å². The number of nitrogens with two attached hydrogens (primary N) is 1. The van der Waals surface area contributed by atoms with E-state index in [2.05, 4.69) is 57.6 Å². The van der Waals surface area contributed by atoms with E-state index in [4.69, 9.17) is 29.8 Å². The maximum Gasteiger partial charge on any atom is 0.326 e. The van der Waals surface area contributed by atoms with Crippen LogP contribution in [0.25, 0.3) is 10.9 Å². The minimum Gasteiger partial charge on any atom is -0.481 e. The van der Waals surface area contributed by atoms with Crippen LogP contribution in [0.2, 0.25) is 0 Å². The highest BCUT2D eigenvalue weighted by molar-refractivity contribution is 9.10. The van der Waals surface area contributed by atoms with E-state index in [9.17, 15) is 48.3 Å². The number of benzene rings is 1. The molecule has 2 aliphatic rings. The summed E-state index contributed by atoms with van der Waals surface area (Å²) in [6.45, 7) is 2.64. The average Bonchev–Trinajstić information content (AvgIpc) is 1.54. The van der Waals surface area contributed by atoms with E-state index in [0.717, 1.165) is 62.6 Å². The molecule has 2 fully saturated rings. The van der Waals surface area contributed by atoms with Crippen LogP contribution in [0.4, 0.5) is 17.2 Å². The van der Waals surface area contributed by atoms with Gasteiger partial charge in [0.15, 0.2) is 11.5 Å². The molecule has 498 valence electrons. The van der Waals surface area contributed by atoms with Crippen molar-refractivity contribution in [3.05, 3.63) is 70.7 Å². The number of halogens is 1. The smallest absolute Gasteiger partial charge is 0.326 e. The number of unbranched alkanes of at least 4 members (excludes halogenated alkanes) is 13. The number of carboxylic acid groups (broad SMARTS) is 2. The summed E-state index contributed by atoms with van der Waals surface area (Å²) in [4.78, 5) is 124. The number of hydrogen-bond acceptors (Lipinski definition) is 17. The molecule has 4 heterocycles. The molecule has 0 unspecified atom stereocenters. The number of anilines is 3. The number of carbonyl (C=O) groups excluding carboxylic acids is 7. The van der Waals surface area contributed by atoms with Gasteiger partial charge in [-0.15, -0.1) is 0 Å². The van der Waals surface area contributed by atoms with Crippen LogP contribution in [0, 0.1) is 12.3 Å². The van der Waals surface area contributed by atoms with Crippen LogP contribution < -0.4 is 32.3 Å². The number of amides is 6. The molecule has 0 spiro atoms. The predicted octanol–water partition coefficient (Wildman–Crippen LogP) is 7.06. The van der Waals surface area contributed by atoms with Gasteiger partial charge in [0.1, 0.15) is 42.3 Å². The van der Waals surface area contributed by atoms with Crippen LogP contribution in [0.3, 0.4) is 0 Å². The number of nitrogens with one attached hydrogen (secondary N) is 5. The van der Waals surface area contributed by atoms with Gasteiger partial charge < -0.3 is 66.4 Å². The monoisotopic (exact) mass is 1330 g/mol. The summed E-state index contributed by atoms with van der Waals surface area (Å²) < 4.78 is 24.0. The molecule has 1 saturated heterocycles. The number of aryl methyl sites for hydroxylation is 1. The Morgan fingerprint density at radius 3 is 1.98 bits per heavy atom. The molecule has 27 heteroatoms. The van der Waals surface area contributed by atoms with Crippen molar-refractivity contribution in [1.82, 2.24) is 40.6 Å². The molecule has 1 saturated carbocycles. The molecule has 9 N–H and O–H groups in total. The number of pyridine rings is 2. The number of ketones is 1. The largest absolute Gasteiger partial charge is 0.481 e. The first-order valence-electron chi connectivity index (χ1n) is 31.8. The number of aliphatic carboxylic acids is 2. The fraction of sp³-hybridized carbons (Fsp3) is 0.594. The first kappa shape index (κ1) is 72.6. The van der Waals surface area contributed by atoms with Gasteiger partial charge in [-0.25, -0.2) is 9.78 Å². The van der Waals surface area contributed by atoms with Crippen molar-refractivity contribution in [2.24, 2.45) is 11.1 Å². The molecule has 1 aliphatic carbocycles. The lowest BCUT2D eigenvalue weighted by atomic mass is 9.99. The van der Waals surface area contributed by atoms with Gasteiger partial charge in [0.2, 0.25) is 29.5 Å². The SMILES string of the molecule is Cc1ccc(Br)nc1NC(=O)[C@@H]1C[C@@]2(CNC(=O)COCCOCCCC(=O)COCCOCCNC(=O)CC[C@H](NC(=O)CCCCCCCCCCCCCCCCC(=O)O)C(=O)O)C[C@H]2N1C(=O)Cn1nc(C(N)=O)c2cc(Nc3ccncc3)ccc21. The fourth-order valence-electron chi connectivity index (χ4n) is 11.1. The zero-order valence-corrected chi connectivity index (χ0v) is 53.7. The molecule has 3 aromatic heterocycles. The number of nitrogens with zero attached hydrogens (tertiary/aromatic N) is 5. The van der Waals surface area contributed by atoms with E-state index in [-0.39, 0.29) is 146 Å². The van der Waals surface area contributed by atoms with Gasteiger partial charge in [-0.2, -0.15) is 5.10 Å². The molecular formula is C64H90BrN11O15. The molecule has 1 aromatic carbocycles. The number of carbonyl (C=O) groups is 9. The summed E-state index contributed by atoms with van der Waals surface area (Å²) >= 11 is 3.36. The highest BCUT2D eigenvalue weighted by Gasteiger charge is 2.67. The number of fused-ring (bicyclic) bond motifs is 2. The van der Waals surface area contributed by atoms with Crippen LogP contribution in [0.1, 0.15) is 157 Å². The third kappa shape index (κ3) is 25.6. The second-order valence-corrected chi connectivity index (χ2v) is 24.1. The van der Waals surface area contributed by atoms with Gasteiger partial charge in [0, 0.05) is 86.0 Å². The number of Topliss-reactive ketones (excluding diaryl/α,β-unsaturated/α-hetero) is 1. The Labute approximate surface area is 539 Å². The van der Waals surface area contributed by atoms with Gasteiger partial charge in [0.05, 0.1) is 38.6 Å². The number of carboxylic acids is 2. The first-order valence-corrected chi connectivity index (χ1v) is 32.5. The van der Waals surface area contributed by atoms with Crippen molar-refractivity contribution < 1.29 is 72.3 Å². The van der Waals surface area contributed by atoms with Crippen molar-refractivity contribution in [2.75, 3.05) is 76.6 Å². The van der Waals surface area contributed by atoms with E-state index in [0.29, 0.717) is 46.3 Å². The molecule has 6 amide bonds. The Balaban J connectivity index is 0.770. The second-order valence-electron chi connectivity index (χ2n) is 23.3. The Kier molecular flexibility index (Phi) is 31.2. The normalized spacial score (nSPS) is 16.0. The maximum absolute atomic E-state index is 14.4. The van der Waals surface area contributed by atoms with E-state index < -0.39 is 47.2 Å². The molecule has 0 radical (unpaired) electrons. The molecular weight excluding hydrogens is 1240 g/mol. The van der Waals surface area contributed by atoms with Gasteiger partial charge in [-0.05, 0) is 103 Å². The Morgan fingerprint density at radius 2 is 1.32 bits per heavy atom. The maximum atomic E-state index is 14.4. The average molecular weight is 1330 g/mol. The van der Waals surface area contributed by atoms with Gasteiger partial charge >= 0.3 is 11.9 Å². The zero-order valence-electron chi connectivity index (χ0n) is 52.2. The zero-order chi connectivity index (χ0) is 65.4. The minimum atomic E-state index is -1.20. The first-order chi connectivity index (χ1) is 43.9. The molecule has 91 heavy (non-hydrogen) atoms. The quantitative estimate of drug-likeness (QED) is 0.0162. The van der Waals surface area contributed by atoms with Crippen molar-refractivity contribution in [1.29, 1.82) is 0 Å². The van der Waals surface area contributed by atoms with E-state index in [1.54, 1.807) is 66.7 Å². The molecule has 4 aromatic rings. The third-order valence-corrected chi connectivity index (χ3v) is 16.5. The number of rotatable bonds is 48. The summed E-state index contributed by atoms with van der Waals surface area (Å²) in [6, 6.07) is 9.92. The third-order valence-electron chi connectivity index (χ3n) is 16.1. The summed E-state index contributed by atoms with van der Waals surface area (Å²) in [5.41, 5.74) is 7.79. The van der Waals surface area contributed by atoms with E-state index in [1.165, 1.54) is 36.8 Å². The fourth-order valence-corrected chi connectivity index (χ4v) is 11.4. The van der Waals surface area contributed by atoms with Crippen LogP contribution in [0.5, 0.6) is 0 Å². The molecule has 26 nitrogen and oxygen atoms in total. The van der Waals surface area contributed by atoms with Crippen LogP contribution in [-0.2, 0) is 63.8 Å². The lowest BCUT2D eigenvalue weighted by Gasteiger charge is -2.27. The van der Waals surface area contributed by atoms with Crippen molar-refractivity contribution >= 4 is 97.2 Å². The standard InChI is InChI=1S/C64H90BrN11O15/c1-44-20-24-53(65)72-61(44)73-62(85)51-38-64(39-52(64)76(51)57(81)40-75-50-23-21-46(70-45-26-28-67-29-27-45)37-48(50)59(74-75)60(66)84)43-69-56(80)42-91-36-33-88-31-16-17-47(77)41-90-35-34-89-32-30-68-54(78)25-22-49(63(86)87)71-55(79)18-14-12-10-8-6-4-2-3-5-7-9-11-13-15-19-58(82)83/h20-21,23-24,26-29,37,49,51-52H,2-19,22,25,30-36,38-43H2,1H3,(H2,66,84)(H,67,70)(H,68,78)(H,69,80)(H,71,79)(H,82,83)(H,86,87)(H,72,73,85)/t49-,51-,52+,64-/m0/s1. The number of primary amides is 1. The molecule has 6 rings (SSSR count). The Morgan fingerprint density at radius 1 is 0.681 bits per heavy atom. The second kappa shape index (κ2) is 39.1. The number of ether oxygens (including phenoxy) is 4. The van der Waals surface area contributed by atoms with Gasteiger partial charge in [-0.3, -0.25) is 48.0 Å². The van der Waals surface area contributed by atoms with Gasteiger partial charge in [-0.1, -0.05) is 83.1 Å². The highest BCUT2D eigenvalue weighted by Crippen LogP contribution is 2.59. The molecule has 4 atom stereocenters. The van der Waals surface area contributed by atoms with Crippen molar-refractivity contribution in [2.45, 2.75) is 173 Å². The number of piperidine rings is 1.